The van der Waals surface area contributed by atoms with Crippen LogP contribution in [0.25, 0.3) is 5.78 Å². The molecule has 8 heteroatoms. The van der Waals surface area contributed by atoms with Crippen LogP contribution in [0, 0.1) is 0 Å². The zero-order chi connectivity index (χ0) is 17.2. The monoisotopic (exact) mass is 359 g/mol. The molecule has 1 aliphatic rings. The molecule has 1 fully saturated rings. The van der Waals surface area contributed by atoms with Gasteiger partial charge in [-0.15, -0.1) is 0 Å². The maximum absolute atomic E-state index is 6.49. The first kappa shape index (κ1) is 16.3. The van der Waals surface area contributed by atoms with Crippen molar-refractivity contribution >= 4 is 23.2 Å². The van der Waals surface area contributed by atoms with E-state index in [4.69, 9.17) is 21.1 Å². The Labute approximate surface area is 149 Å². The van der Waals surface area contributed by atoms with Crippen molar-refractivity contribution in [2.75, 3.05) is 18.5 Å². The second-order valence-electron chi connectivity index (χ2n) is 5.80. The van der Waals surface area contributed by atoms with Crippen molar-refractivity contribution in [3.8, 4) is 0 Å². The molecule has 0 amide bonds. The van der Waals surface area contributed by atoms with E-state index in [9.17, 15) is 0 Å². The summed E-state index contributed by atoms with van der Waals surface area (Å²) >= 11 is 6.49. The molecule has 0 unspecified atom stereocenters. The summed E-state index contributed by atoms with van der Waals surface area (Å²) < 4.78 is 13.3. The Morgan fingerprint density at radius 2 is 2.00 bits per heavy atom. The van der Waals surface area contributed by atoms with Crippen molar-refractivity contribution in [1.82, 2.24) is 19.6 Å². The maximum atomic E-state index is 6.49. The van der Waals surface area contributed by atoms with Crippen LogP contribution in [0.5, 0.6) is 0 Å². The molecule has 7 nitrogen and oxygen atoms in total. The highest BCUT2D eigenvalue weighted by Crippen LogP contribution is 2.28. The van der Waals surface area contributed by atoms with Crippen LogP contribution in [0.1, 0.15) is 24.5 Å². The first-order valence-corrected chi connectivity index (χ1v) is 8.57. The second-order valence-corrected chi connectivity index (χ2v) is 6.17. The normalized spacial score (nSPS) is 20.7. The van der Waals surface area contributed by atoms with Crippen LogP contribution in [0.3, 0.4) is 0 Å². The van der Waals surface area contributed by atoms with E-state index >= 15 is 0 Å². The van der Waals surface area contributed by atoms with Gasteiger partial charge in [-0.3, -0.25) is 0 Å². The van der Waals surface area contributed by atoms with Crippen molar-refractivity contribution in [2.24, 2.45) is 0 Å². The van der Waals surface area contributed by atoms with Crippen LogP contribution in [-0.4, -0.2) is 38.8 Å². The van der Waals surface area contributed by atoms with Gasteiger partial charge in [0.15, 0.2) is 12.1 Å². The SMILES string of the molecule is CCc1nc2ncnn2c(NC2COC(c3ccccc3)OC2)c1Cl. The summed E-state index contributed by atoms with van der Waals surface area (Å²) in [5.74, 6) is 1.18. The number of anilines is 1. The summed E-state index contributed by atoms with van der Waals surface area (Å²) in [6.07, 6.45) is 1.83. The summed E-state index contributed by atoms with van der Waals surface area (Å²) in [5.41, 5.74) is 1.79. The van der Waals surface area contributed by atoms with Gasteiger partial charge >= 0.3 is 0 Å². The van der Waals surface area contributed by atoms with Crippen LogP contribution in [0.15, 0.2) is 36.7 Å². The Hall–Kier alpha value is -2.22. The number of hydrogen-bond donors (Lipinski definition) is 1. The zero-order valence-corrected chi connectivity index (χ0v) is 14.5. The lowest BCUT2D eigenvalue weighted by Crippen LogP contribution is -2.37. The molecule has 0 spiro atoms. The van der Waals surface area contributed by atoms with Gasteiger partial charge in [-0.1, -0.05) is 48.9 Å². The third kappa shape index (κ3) is 3.18. The molecular weight excluding hydrogens is 342 g/mol. The smallest absolute Gasteiger partial charge is 0.254 e. The Balaban J connectivity index is 1.51. The van der Waals surface area contributed by atoms with Crippen molar-refractivity contribution < 1.29 is 9.47 Å². The summed E-state index contributed by atoms with van der Waals surface area (Å²) in [4.78, 5) is 8.57. The van der Waals surface area contributed by atoms with E-state index < -0.39 is 0 Å². The van der Waals surface area contributed by atoms with E-state index in [1.807, 2.05) is 37.3 Å². The molecule has 1 N–H and O–H groups in total. The molecule has 0 saturated carbocycles. The average Bonchev–Trinajstić information content (AvgIpc) is 3.13. The summed E-state index contributed by atoms with van der Waals surface area (Å²) in [7, 11) is 0. The lowest BCUT2D eigenvalue weighted by atomic mass is 10.2. The Morgan fingerprint density at radius 1 is 1.24 bits per heavy atom. The van der Waals surface area contributed by atoms with Crippen molar-refractivity contribution in [3.05, 3.63) is 52.9 Å². The van der Waals surface area contributed by atoms with Crippen molar-refractivity contribution in [2.45, 2.75) is 25.7 Å². The molecule has 4 rings (SSSR count). The van der Waals surface area contributed by atoms with Gasteiger partial charge in [0.05, 0.1) is 24.9 Å². The number of aryl methyl sites for hydroxylation is 1. The second kappa shape index (κ2) is 6.95. The van der Waals surface area contributed by atoms with Gasteiger partial charge in [-0.25, -0.2) is 4.98 Å². The van der Waals surface area contributed by atoms with Crippen molar-refractivity contribution in [3.63, 3.8) is 0 Å². The van der Waals surface area contributed by atoms with Crippen molar-refractivity contribution in [1.29, 1.82) is 0 Å². The van der Waals surface area contributed by atoms with Crippen LogP contribution < -0.4 is 5.32 Å². The molecule has 1 aromatic carbocycles. The third-order valence-corrected chi connectivity index (χ3v) is 4.48. The Kier molecular flexibility index (Phi) is 4.52. The Bertz CT molecular complexity index is 862. The number of rotatable bonds is 4. The predicted molar refractivity (Wildman–Crippen MR) is 93.7 cm³/mol. The zero-order valence-electron chi connectivity index (χ0n) is 13.7. The fourth-order valence-corrected chi connectivity index (χ4v) is 3.12. The van der Waals surface area contributed by atoms with Crippen LogP contribution >= 0.6 is 11.6 Å². The van der Waals surface area contributed by atoms with E-state index in [1.54, 1.807) is 4.52 Å². The molecule has 0 radical (unpaired) electrons. The molecule has 0 atom stereocenters. The molecule has 3 aromatic rings. The minimum atomic E-state index is -0.343. The van der Waals surface area contributed by atoms with E-state index in [2.05, 4.69) is 20.4 Å². The van der Waals surface area contributed by atoms with Gasteiger partial charge in [0.25, 0.3) is 5.78 Å². The molecular formula is C17H18ClN5O2. The molecule has 25 heavy (non-hydrogen) atoms. The minimum Gasteiger partial charge on any atom is -0.361 e. The summed E-state index contributed by atoms with van der Waals surface area (Å²) in [5, 5.41) is 8.11. The van der Waals surface area contributed by atoms with Gasteiger partial charge in [0.2, 0.25) is 0 Å². The molecule has 3 heterocycles. The number of halogens is 1. The maximum Gasteiger partial charge on any atom is 0.254 e. The number of nitrogens with zero attached hydrogens (tertiary/aromatic N) is 4. The van der Waals surface area contributed by atoms with Gasteiger partial charge in [-0.05, 0) is 6.42 Å². The quantitative estimate of drug-likeness (QED) is 0.772. The van der Waals surface area contributed by atoms with Crippen LogP contribution in [0.2, 0.25) is 5.02 Å². The number of nitrogens with one attached hydrogen (secondary N) is 1. The lowest BCUT2D eigenvalue weighted by Gasteiger charge is -2.30. The first-order valence-electron chi connectivity index (χ1n) is 8.19. The van der Waals surface area contributed by atoms with Crippen LogP contribution in [0.4, 0.5) is 5.82 Å². The minimum absolute atomic E-state index is 0.0445. The standard InChI is InChI=1S/C17H18ClN5O2/c1-2-13-14(18)15(23-17(22-13)19-10-20-23)21-12-8-24-16(25-9-12)11-6-4-3-5-7-11/h3-7,10,12,16,21H,2,8-9H2,1H3. The average molecular weight is 360 g/mol. The summed E-state index contributed by atoms with van der Waals surface area (Å²) in [6, 6.07) is 9.84. The molecule has 1 aliphatic heterocycles. The number of aromatic nitrogens is 4. The van der Waals surface area contributed by atoms with Crippen LogP contribution in [-0.2, 0) is 15.9 Å². The highest BCUT2D eigenvalue weighted by molar-refractivity contribution is 6.33. The predicted octanol–water partition coefficient (Wildman–Crippen LogP) is 2.87. The van der Waals surface area contributed by atoms with Gasteiger partial charge in [0, 0.05) is 5.56 Å². The molecule has 2 aromatic heterocycles. The van der Waals surface area contributed by atoms with E-state index in [0.29, 0.717) is 36.3 Å². The highest BCUT2D eigenvalue weighted by Gasteiger charge is 2.25. The number of fused-ring (bicyclic) bond motifs is 1. The van der Waals surface area contributed by atoms with Gasteiger partial charge in [-0.2, -0.15) is 14.6 Å². The fraction of sp³-hybridized carbons (Fsp3) is 0.353. The lowest BCUT2D eigenvalue weighted by molar-refractivity contribution is -0.187. The Morgan fingerprint density at radius 3 is 2.72 bits per heavy atom. The topological polar surface area (TPSA) is 73.6 Å². The first-order chi connectivity index (χ1) is 12.3. The van der Waals surface area contributed by atoms with E-state index in [0.717, 1.165) is 11.3 Å². The molecule has 0 bridgehead atoms. The van der Waals surface area contributed by atoms with Gasteiger partial charge < -0.3 is 14.8 Å². The largest absolute Gasteiger partial charge is 0.361 e. The molecule has 0 aliphatic carbocycles. The fourth-order valence-electron chi connectivity index (χ4n) is 2.81. The van der Waals surface area contributed by atoms with E-state index in [1.165, 1.54) is 6.33 Å². The highest BCUT2D eigenvalue weighted by atomic mass is 35.5. The van der Waals surface area contributed by atoms with E-state index in [-0.39, 0.29) is 12.3 Å². The molecule has 130 valence electrons. The number of ether oxygens (including phenoxy) is 2. The van der Waals surface area contributed by atoms with Gasteiger partial charge in [0.1, 0.15) is 11.3 Å². The number of benzene rings is 1. The molecule has 1 saturated heterocycles. The summed E-state index contributed by atoms with van der Waals surface area (Å²) in [6.45, 7) is 2.99. The third-order valence-electron chi connectivity index (χ3n) is 4.08. The number of hydrogen-bond acceptors (Lipinski definition) is 6.